The van der Waals surface area contributed by atoms with E-state index in [1.54, 1.807) is 24.3 Å². The molecule has 0 aromatic heterocycles. The number of nitrogens with zero attached hydrogens (tertiary/aromatic N) is 1. The van der Waals surface area contributed by atoms with Crippen LogP contribution in [0, 0.1) is 0 Å². The SMILES string of the molecule is O=C1C(Nc2cccc(Br)c2)=C(c2ccccc2)C(=O)N1c1ccccc1. The number of amides is 2. The van der Waals surface area contributed by atoms with Gasteiger partial charge in [-0.3, -0.25) is 9.59 Å². The average Bonchev–Trinajstić information content (AvgIpc) is 2.93. The Morgan fingerprint density at radius 2 is 1.41 bits per heavy atom. The molecule has 3 aromatic carbocycles. The summed E-state index contributed by atoms with van der Waals surface area (Å²) in [6.45, 7) is 0. The molecule has 0 spiro atoms. The van der Waals surface area contributed by atoms with Crippen molar-refractivity contribution < 1.29 is 9.59 Å². The number of para-hydroxylation sites is 1. The van der Waals surface area contributed by atoms with Gasteiger partial charge in [-0.05, 0) is 35.9 Å². The van der Waals surface area contributed by atoms with E-state index in [-0.39, 0.29) is 17.5 Å². The molecule has 5 heteroatoms. The number of halogens is 1. The summed E-state index contributed by atoms with van der Waals surface area (Å²) in [6.07, 6.45) is 0. The first kappa shape index (κ1) is 17.2. The highest BCUT2D eigenvalue weighted by atomic mass is 79.9. The molecular formula is C22H15BrN2O2. The Balaban J connectivity index is 1.82. The normalized spacial score (nSPS) is 14.0. The Kier molecular flexibility index (Phi) is 4.60. The Morgan fingerprint density at radius 3 is 2.07 bits per heavy atom. The van der Waals surface area contributed by atoms with Crippen molar-refractivity contribution in [2.75, 3.05) is 10.2 Å². The summed E-state index contributed by atoms with van der Waals surface area (Å²) in [5.41, 5.74) is 2.61. The molecule has 1 aliphatic rings. The number of hydrogen-bond donors (Lipinski definition) is 1. The maximum absolute atomic E-state index is 13.2. The lowest BCUT2D eigenvalue weighted by Gasteiger charge is -2.15. The van der Waals surface area contributed by atoms with Gasteiger partial charge in [0.25, 0.3) is 11.8 Å². The van der Waals surface area contributed by atoms with E-state index in [9.17, 15) is 9.59 Å². The van der Waals surface area contributed by atoms with Crippen molar-refractivity contribution in [3.63, 3.8) is 0 Å². The van der Waals surface area contributed by atoms with Crippen molar-refractivity contribution in [2.24, 2.45) is 0 Å². The van der Waals surface area contributed by atoms with Crippen LogP contribution in [0.4, 0.5) is 11.4 Å². The Hall–Kier alpha value is -3.18. The molecule has 4 nitrogen and oxygen atoms in total. The van der Waals surface area contributed by atoms with Gasteiger partial charge in [0, 0.05) is 10.2 Å². The second-order valence-corrected chi connectivity index (χ2v) is 6.95. The highest BCUT2D eigenvalue weighted by molar-refractivity contribution is 9.10. The third-order valence-corrected chi connectivity index (χ3v) is 4.75. The van der Waals surface area contributed by atoms with E-state index in [0.717, 1.165) is 10.2 Å². The number of benzene rings is 3. The number of hydrogen-bond acceptors (Lipinski definition) is 3. The average molecular weight is 419 g/mol. The van der Waals surface area contributed by atoms with E-state index >= 15 is 0 Å². The summed E-state index contributed by atoms with van der Waals surface area (Å²) in [5.74, 6) is -0.708. The third-order valence-electron chi connectivity index (χ3n) is 4.25. The summed E-state index contributed by atoms with van der Waals surface area (Å²) < 4.78 is 0.881. The zero-order chi connectivity index (χ0) is 18.8. The zero-order valence-electron chi connectivity index (χ0n) is 14.2. The van der Waals surface area contributed by atoms with Gasteiger partial charge in [-0.15, -0.1) is 0 Å². The van der Waals surface area contributed by atoms with E-state index < -0.39 is 0 Å². The number of anilines is 2. The van der Waals surface area contributed by atoms with Gasteiger partial charge in [-0.1, -0.05) is 70.5 Å². The van der Waals surface area contributed by atoms with Crippen molar-refractivity contribution in [1.82, 2.24) is 0 Å². The molecule has 0 fully saturated rings. The van der Waals surface area contributed by atoms with Crippen LogP contribution >= 0.6 is 15.9 Å². The summed E-state index contributed by atoms with van der Waals surface area (Å²) in [5, 5.41) is 3.15. The zero-order valence-corrected chi connectivity index (χ0v) is 15.8. The van der Waals surface area contributed by atoms with Gasteiger partial charge < -0.3 is 5.32 Å². The van der Waals surface area contributed by atoms with Crippen LogP contribution in [0.25, 0.3) is 5.57 Å². The Labute approximate surface area is 165 Å². The molecule has 1 N–H and O–H groups in total. The van der Waals surface area contributed by atoms with E-state index in [2.05, 4.69) is 21.2 Å². The fraction of sp³-hybridized carbons (Fsp3) is 0. The lowest BCUT2D eigenvalue weighted by molar-refractivity contribution is -0.120. The fourth-order valence-electron chi connectivity index (χ4n) is 3.04. The maximum atomic E-state index is 13.2. The van der Waals surface area contributed by atoms with Gasteiger partial charge in [0.1, 0.15) is 5.70 Å². The third kappa shape index (κ3) is 3.29. The molecule has 132 valence electrons. The number of rotatable bonds is 4. The smallest absolute Gasteiger partial charge is 0.282 e. The Bertz CT molecular complexity index is 1050. The predicted molar refractivity (Wildman–Crippen MR) is 110 cm³/mol. The van der Waals surface area contributed by atoms with Crippen molar-refractivity contribution in [3.8, 4) is 0 Å². The van der Waals surface area contributed by atoms with Crippen LogP contribution in [0.3, 0.4) is 0 Å². The van der Waals surface area contributed by atoms with Gasteiger partial charge in [0.15, 0.2) is 0 Å². The van der Waals surface area contributed by atoms with Crippen molar-refractivity contribution in [2.45, 2.75) is 0 Å². The maximum Gasteiger partial charge on any atom is 0.282 e. The fourth-order valence-corrected chi connectivity index (χ4v) is 3.44. The standard InChI is InChI=1S/C22H15BrN2O2/c23-16-10-7-11-17(14-16)24-20-19(15-8-3-1-4-9-15)21(26)25(22(20)27)18-12-5-2-6-13-18/h1-14,24H. The number of imide groups is 1. The van der Waals surface area contributed by atoms with E-state index in [1.807, 2.05) is 60.7 Å². The van der Waals surface area contributed by atoms with Gasteiger partial charge in [0.05, 0.1) is 11.3 Å². The molecule has 4 rings (SSSR count). The molecule has 0 saturated heterocycles. The summed E-state index contributed by atoms with van der Waals surface area (Å²) in [4.78, 5) is 27.6. The van der Waals surface area contributed by atoms with Crippen molar-refractivity contribution in [1.29, 1.82) is 0 Å². The van der Waals surface area contributed by atoms with Crippen LogP contribution in [0.1, 0.15) is 5.56 Å². The molecule has 1 heterocycles. The lowest BCUT2D eigenvalue weighted by Crippen LogP contribution is -2.32. The van der Waals surface area contributed by atoms with Crippen LogP contribution < -0.4 is 10.2 Å². The van der Waals surface area contributed by atoms with Crippen LogP contribution in [0.2, 0.25) is 0 Å². The first-order valence-corrected chi connectivity index (χ1v) is 9.20. The summed E-state index contributed by atoms with van der Waals surface area (Å²) in [7, 11) is 0. The molecule has 0 unspecified atom stereocenters. The van der Waals surface area contributed by atoms with Gasteiger partial charge in [0.2, 0.25) is 0 Å². The van der Waals surface area contributed by atoms with E-state index in [1.165, 1.54) is 4.90 Å². The number of carbonyl (C=O) groups excluding carboxylic acids is 2. The predicted octanol–water partition coefficient (Wildman–Crippen LogP) is 4.85. The topological polar surface area (TPSA) is 49.4 Å². The second-order valence-electron chi connectivity index (χ2n) is 6.03. The first-order chi connectivity index (χ1) is 13.1. The first-order valence-electron chi connectivity index (χ1n) is 8.41. The molecule has 0 aliphatic carbocycles. The van der Waals surface area contributed by atoms with Crippen LogP contribution in [0.15, 0.2) is 95.1 Å². The lowest BCUT2D eigenvalue weighted by atomic mass is 10.0. The molecular weight excluding hydrogens is 404 g/mol. The molecule has 2 amide bonds. The highest BCUT2D eigenvalue weighted by Crippen LogP contribution is 2.33. The highest BCUT2D eigenvalue weighted by Gasteiger charge is 2.40. The van der Waals surface area contributed by atoms with Crippen molar-refractivity contribution >= 4 is 44.7 Å². The van der Waals surface area contributed by atoms with Crippen LogP contribution in [-0.4, -0.2) is 11.8 Å². The minimum atomic E-state index is -0.370. The second kappa shape index (κ2) is 7.21. The van der Waals surface area contributed by atoms with Crippen LogP contribution in [0.5, 0.6) is 0 Å². The van der Waals surface area contributed by atoms with Gasteiger partial charge in [-0.2, -0.15) is 0 Å². The molecule has 0 bridgehead atoms. The van der Waals surface area contributed by atoms with Crippen LogP contribution in [-0.2, 0) is 9.59 Å². The monoisotopic (exact) mass is 418 g/mol. The summed E-state index contributed by atoms with van der Waals surface area (Å²) in [6, 6.07) is 25.7. The number of nitrogens with one attached hydrogen (secondary N) is 1. The van der Waals surface area contributed by atoms with Gasteiger partial charge >= 0.3 is 0 Å². The Morgan fingerprint density at radius 1 is 0.741 bits per heavy atom. The van der Waals surface area contributed by atoms with E-state index in [0.29, 0.717) is 16.8 Å². The minimum Gasteiger partial charge on any atom is -0.350 e. The quantitative estimate of drug-likeness (QED) is 0.616. The molecule has 1 aliphatic heterocycles. The van der Waals surface area contributed by atoms with E-state index in [4.69, 9.17) is 0 Å². The largest absolute Gasteiger partial charge is 0.350 e. The summed E-state index contributed by atoms with van der Waals surface area (Å²) >= 11 is 3.43. The van der Waals surface area contributed by atoms with Gasteiger partial charge in [-0.25, -0.2) is 4.90 Å². The molecule has 0 saturated carbocycles. The molecule has 0 atom stereocenters. The molecule has 27 heavy (non-hydrogen) atoms. The minimum absolute atomic E-state index is 0.271. The molecule has 3 aromatic rings. The van der Waals surface area contributed by atoms with Crippen molar-refractivity contribution in [3.05, 3.63) is 101 Å². The number of carbonyl (C=O) groups is 2. The molecule has 0 radical (unpaired) electrons.